The third kappa shape index (κ3) is 4.10. The van der Waals surface area contributed by atoms with Gasteiger partial charge in [0, 0.05) is 29.4 Å². The van der Waals surface area contributed by atoms with Crippen molar-refractivity contribution in [2.75, 3.05) is 30.6 Å². The zero-order valence-electron chi connectivity index (χ0n) is 21.1. The molecule has 2 heterocycles. The van der Waals surface area contributed by atoms with Gasteiger partial charge in [-0.3, -0.25) is 14.9 Å². The summed E-state index contributed by atoms with van der Waals surface area (Å²) in [5, 5.41) is 2.16. The summed E-state index contributed by atoms with van der Waals surface area (Å²) >= 11 is 0. The lowest BCUT2D eigenvalue weighted by Crippen LogP contribution is -2.54. The molecule has 0 bridgehead atoms. The van der Waals surface area contributed by atoms with E-state index in [1.807, 2.05) is 13.8 Å². The fourth-order valence-electron chi connectivity index (χ4n) is 4.80. The maximum Gasteiger partial charge on any atom is 0.336 e. The van der Waals surface area contributed by atoms with Gasteiger partial charge in [0.05, 0.1) is 25.4 Å². The first-order valence-electron chi connectivity index (χ1n) is 11.5. The van der Waals surface area contributed by atoms with E-state index in [0.29, 0.717) is 12.3 Å². The first-order valence-corrected chi connectivity index (χ1v) is 11.5. The van der Waals surface area contributed by atoms with E-state index in [0.717, 1.165) is 21.7 Å². The number of hydrogen-bond donors (Lipinski definition) is 1. The third-order valence-corrected chi connectivity index (χ3v) is 6.44. The van der Waals surface area contributed by atoms with Crippen LogP contribution in [0.15, 0.2) is 42.0 Å². The second kappa shape index (κ2) is 9.14. The van der Waals surface area contributed by atoms with Gasteiger partial charge in [0.25, 0.3) is 11.8 Å². The molecule has 2 aliphatic heterocycles. The van der Waals surface area contributed by atoms with Crippen LogP contribution < -0.4 is 24.6 Å². The van der Waals surface area contributed by atoms with Gasteiger partial charge in [0.1, 0.15) is 22.9 Å². The molecule has 2 aliphatic rings. The molecule has 1 saturated heterocycles. The van der Waals surface area contributed by atoms with Crippen molar-refractivity contribution in [2.45, 2.75) is 33.2 Å². The van der Waals surface area contributed by atoms with E-state index in [1.165, 1.54) is 38.5 Å². The SMILES string of the molecule is CCN1c2cc(F)c(/C=C3/C(=O)NC(=O)N(c4ccc(OC)cc4OC)C3=O)cc2C(C)=CC1(C)C. The number of likely N-dealkylation sites (N-methyl/N-ethyl adjacent to an activating group) is 1. The van der Waals surface area contributed by atoms with Crippen LogP contribution in [0.1, 0.15) is 38.8 Å². The number of ether oxygens (including phenoxy) is 2. The number of halogens is 1. The fraction of sp³-hybridized carbons (Fsp3) is 0.296. The highest BCUT2D eigenvalue weighted by molar-refractivity contribution is 6.39. The molecule has 36 heavy (non-hydrogen) atoms. The number of nitrogens with zero attached hydrogens (tertiary/aromatic N) is 2. The Labute approximate surface area is 209 Å². The van der Waals surface area contributed by atoms with E-state index in [2.05, 4.69) is 30.1 Å². The molecule has 9 heteroatoms. The van der Waals surface area contributed by atoms with Crippen LogP contribution in [0.25, 0.3) is 11.6 Å². The maximum absolute atomic E-state index is 15.3. The van der Waals surface area contributed by atoms with Crippen molar-refractivity contribution >= 4 is 40.9 Å². The number of fused-ring (bicyclic) bond motifs is 1. The van der Waals surface area contributed by atoms with Crippen LogP contribution in [-0.4, -0.2) is 44.1 Å². The van der Waals surface area contributed by atoms with E-state index in [4.69, 9.17) is 9.47 Å². The molecule has 0 unspecified atom stereocenters. The van der Waals surface area contributed by atoms with E-state index in [1.54, 1.807) is 12.1 Å². The Morgan fingerprint density at radius 3 is 2.42 bits per heavy atom. The maximum atomic E-state index is 15.3. The Bertz CT molecular complexity index is 1350. The fourth-order valence-corrected chi connectivity index (χ4v) is 4.80. The number of anilines is 2. The van der Waals surface area contributed by atoms with Crippen LogP contribution in [-0.2, 0) is 9.59 Å². The van der Waals surface area contributed by atoms with Crippen molar-refractivity contribution in [1.29, 1.82) is 0 Å². The van der Waals surface area contributed by atoms with Crippen molar-refractivity contribution in [1.82, 2.24) is 5.32 Å². The van der Waals surface area contributed by atoms with Crippen molar-refractivity contribution in [3.63, 3.8) is 0 Å². The zero-order valence-corrected chi connectivity index (χ0v) is 21.1. The minimum Gasteiger partial charge on any atom is -0.497 e. The first-order chi connectivity index (χ1) is 17.0. The van der Waals surface area contributed by atoms with Crippen molar-refractivity contribution in [3.8, 4) is 11.5 Å². The number of methoxy groups -OCH3 is 2. The summed E-state index contributed by atoms with van der Waals surface area (Å²) < 4.78 is 25.8. The predicted octanol–water partition coefficient (Wildman–Crippen LogP) is 4.53. The lowest BCUT2D eigenvalue weighted by Gasteiger charge is -2.43. The zero-order chi connectivity index (χ0) is 26.4. The number of imide groups is 2. The van der Waals surface area contributed by atoms with E-state index in [9.17, 15) is 14.4 Å². The number of urea groups is 1. The molecular weight excluding hydrogens is 465 g/mol. The minimum atomic E-state index is -0.934. The molecular formula is C27H28FN3O5. The summed E-state index contributed by atoms with van der Waals surface area (Å²) in [6.45, 7) is 8.72. The van der Waals surface area contributed by atoms with Gasteiger partial charge in [0.15, 0.2) is 0 Å². The van der Waals surface area contributed by atoms with Crippen LogP contribution in [0, 0.1) is 5.82 Å². The number of allylic oxidation sites excluding steroid dienone is 1. The molecule has 2 aromatic carbocycles. The molecule has 0 saturated carbocycles. The summed E-state index contributed by atoms with van der Waals surface area (Å²) in [4.78, 5) is 41.5. The number of carbonyl (C=O) groups excluding carboxylic acids is 3. The topological polar surface area (TPSA) is 88.2 Å². The largest absolute Gasteiger partial charge is 0.497 e. The number of amides is 4. The molecule has 0 radical (unpaired) electrons. The summed E-state index contributed by atoms with van der Waals surface area (Å²) in [6.07, 6.45) is 3.27. The molecule has 0 spiro atoms. The molecule has 188 valence electrons. The predicted molar refractivity (Wildman–Crippen MR) is 136 cm³/mol. The number of nitrogens with one attached hydrogen (secondary N) is 1. The Morgan fingerprint density at radius 2 is 1.78 bits per heavy atom. The van der Waals surface area contributed by atoms with Crippen LogP contribution >= 0.6 is 0 Å². The lowest BCUT2D eigenvalue weighted by molar-refractivity contribution is -0.122. The first kappa shape index (κ1) is 25.0. The van der Waals surface area contributed by atoms with Gasteiger partial charge in [-0.2, -0.15) is 0 Å². The standard InChI is InChI=1S/C27H28FN3O5/c1-7-30-22-13-20(28)16(10-18(22)15(2)14-27(30,3)4)11-19-24(32)29-26(34)31(25(19)33)21-9-8-17(35-5)12-23(21)36-6/h8-14H,7H2,1-6H3,(H,29,32,34)/b19-11-. The van der Waals surface area contributed by atoms with Gasteiger partial charge in [-0.05, 0) is 63.6 Å². The normalized spacial score (nSPS) is 18.1. The van der Waals surface area contributed by atoms with Crippen LogP contribution in [0.3, 0.4) is 0 Å². The number of hydrogen-bond acceptors (Lipinski definition) is 6. The van der Waals surface area contributed by atoms with Crippen molar-refractivity contribution < 1.29 is 28.2 Å². The van der Waals surface area contributed by atoms with Gasteiger partial charge < -0.3 is 14.4 Å². The van der Waals surface area contributed by atoms with E-state index >= 15 is 4.39 Å². The average Bonchev–Trinajstić information content (AvgIpc) is 2.82. The molecule has 4 amide bonds. The monoisotopic (exact) mass is 493 g/mol. The molecule has 2 aromatic rings. The second-order valence-corrected chi connectivity index (χ2v) is 9.11. The smallest absolute Gasteiger partial charge is 0.336 e. The van der Waals surface area contributed by atoms with Crippen molar-refractivity contribution in [2.24, 2.45) is 0 Å². The van der Waals surface area contributed by atoms with Gasteiger partial charge in [-0.15, -0.1) is 0 Å². The molecule has 0 aliphatic carbocycles. The quantitative estimate of drug-likeness (QED) is 0.486. The summed E-state index contributed by atoms with van der Waals surface area (Å²) in [5.74, 6) is -1.75. The summed E-state index contributed by atoms with van der Waals surface area (Å²) in [5.41, 5.74) is 2.00. The van der Waals surface area contributed by atoms with Crippen LogP contribution in [0.4, 0.5) is 20.6 Å². The molecule has 8 nitrogen and oxygen atoms in total. The molecule has 1 fully saturated rings. The molecule has 0 aromatic heterocycles. The van der Waals surface area contributed by atoms with Gasteiger partial charge in [-0.25, -0.2) is 14.1 Å². The van der Waals surface area contributed by atoms with Crippen LogP contribution in [0.5, 0.6) is 11.5 Å². The highest BCUT2D eigenvalue weighted by Gasteiger charge is 2.39. The van der Waals surface area contributed by atoms with Gasteiger partial charge in [-0.1, -0.05) is 6.08 Å². The number of benzene rings is 2. The molecule has 1 N–H and O–H groups in total. The van der Waals surface area contributed by atoms with Crippen LogP contribution in [0.2, 0.25) is 0 Å². The Hall–Kier alpha value is -4.14. The average molecular weight is 494 g/mol. The molecule has 0 atom stereocenters. The Morgan fingerprint density at radius 1 is 1.06 bits per heavy atom. The van der Waals surface area contributed by atoms with E-state index < -0.39 is 23.7 Å². The third-order valence-electron chi connectivity index (χ3n) is 6.44. The number of rotatable bonds is 5. The van der Waals surface area contributed by atoms with Gasteiger partial charge >= 0.3 is 6.03 Å². The Balaban J connectivity index is 1.80. The van der Waals surface area contributed by atoms with Gasteiger partial charge in [0.2, 0.25) is 0 Å². The minimum absolute atomic E-state index is 0.0618. The van der Waals surface area contributed by atoms with Crippen molar-refractivity contribution in [3.05, 3.63) is 58.9 Å². The highest BCUT2D eigenvalue weighted by atomic mass is 19.1. The second-order valence-electron chi connectivity index (χ2n) is 9.11. The highest BCUT2D eigenvalue weighted by Crippen LogP contribution is 2.40. The van der Waals surface area contributed by atoms with E-state index in [-0.39, 0.29) is 28.1 Å². The number of barbiturate groups is 1. The lowest BCUT2D eigenvalue weighted by atomic mass is 9.87. The number of carbonyl (C=O) groups is 3. The Kier molecular flexibility index (Phi) is 6.34. The summed E-state index contributed by atoms with van der Waals surface area (Å²) in [6, 6.07) is 6.64. The molecule has 4 rings (SSSR count). The summed E-state index contributed by atoms with van der Waals surface area (Å²) in [7, 11) is 2.85.